The Bertz CT molecular complexity index is 956. The van der Waals surface area contributed by atoms with Gasteiger partial charge in [0.2, 0.25) is 15.8 Å². The van der Waals surface area contributed by atoms with Gasteiger partial charge in [0.25, 0.3) is 0 Å². The second kappa shape index (κ2) is 8.04. The highest BCUT2D eigenvalue weighted by atomic mass is 32.2. The summed E-state index contributed by atoms with van der Waals surface area (Å²) in [7, 11) is -2.04. The number of nitro benzene ring substituents is 1. The number of hydrogen-bond donors (Lipinski definition) is 1. The van der Waals surface area contributed by atoms with Crippen molar-refractivity contribution >= 4 is 27.2 Å². The highest BCUT2D eigenvalue weighted by Gasteiger charge is 2.23. The van der Waals surface area contributed by atoms with Gasteiger partial charge in [-0.15, -0.1) is 0 Å². The summed E-state index contributed by atoms with van der Waals surface area (Å²) in [5.41, 5.74) is 0.271. The van der Waals surface area contributed by atoms with Gasteiger partial charge in [0.05, 0.1) is 24.4 Å². The second-order valence-electron chi connectivity index (χ2n) is 5.67. The third kappa shape index (κ3) is 5.42. The molecule has 0 bridgehead atoms. The zero-order valence-electron chi connectivity index (χ0n) is 14.8. The Morgan fingerprint density at radius 2 is 1.81 bits per heavy atom. The first-order valence-electron chi connectivity index (χ1n) is 7.72. The van der Waals surface area contributed by atoms with E-state index in [4.69, 9.17) is 9.47 Å². The van der Waals surface area contributed by atoms with Gasteiger partial charge < -0.3 is 9.47 Å². The SMILES string of the molecule is COc1ccc(O[C@H](C)C(=O)c2ccc(NS(C)(=O)=O)cc2)c([N+](=O)[O-])c1. The lowest BCUT2D eigenvalue weighted by Crippen LogP contribution is -2.24. The normalized spacial score (nSPS) is 12.1. The first kappa shape index (κ1) is 20.2. The van der Waals surface area contributed by atoms with Gasteiger partial charge >= 0.3 is 5.69 Å². The molecule has 9 nitrogen and oxygen atoms in total. The fraction of sp³-hybridized carbons (Fsp3) is 0.235. The van der Waals surface area contributed by atoms with Crippen LogP contribution in [0.4, 0.5) is 11.4 Å². The Labute approximate surface area is 156 Å². The summed E-state index contributed by atoms with van der Waals surface area (Å²) in [4.78, 5) is 23.1. The molecule has 0 aliphatic carbocycles. The Balaban J connectivity index is 2.17. The summed E-state index contributed by atoms with van der Waals surface area (Å²) < 4.78 is 35.1. The van der Waals surface area contributed by atoms with Gasteiger partial charge in [0.15, 0.2) is 11.9 Å². The van der Waals surface area contributed by atoms with Crippen LogP contribution in [-0.2, 0) is 10.0 Å². The maximum Gasteiger partial charge on any atom is 0.314 e. The molecule has 144 valence electrons. The summed E-state index contributed by atoms with van der Waals surface area (Å²) in [6.07, 6.45) is 0.0230. The molecular formula is C17H18N2O7S. The minimum Gasteiger partial charge on any atom is -0.496 e. The molecule has 2 aromatic rings. The average Bonchev–Trinajstić information content (AvgIpc) is 2.60. The monoisotopic (exact) mass is 394 g/mol. The van der Waals surface area contributed by atoms with Crippen LogP contribution in [0.1, 0.15) is 17.3 Å². The number of nitrogens with zero attached hydrogens (tertiary/aromatic N) is 1. The predicted octanol–water partition coefficient (Wildman–Crippen LogP) is 2.63. The minimum atomic E-state index is -3.42. The van der Waals surface area contributed by atoms with E-state index in [1.165, 1.54) is 56.5 Å². The van der Waals surface area contributed by atoms with Crippen LogP contribution in [-0.4, -0.2) is 38.6 Å². The van der Waals surface area contributed by atoms with Crippen LogP contribution in [0.3, 0.4) is 0 Å². The Hall–Kier alpha value is -3.14. The number of carbonyl (C=O) groups is 1. The van der Waals surface area contributed by atoms with Gasteiger partial charge in [0.1, 0.15) is 5.75 Å². The zero-order chi connectivity index (χ0) is 20.2. The summed E-state index contributed by atoms with van der Waals surface area (Å²) in [6, 6.07) is 9.83. The number of Topliss-reactive ketones (excluding diaryl/α,β-unsaturated/α-hetero) is 1. The van der Waals surface area contributed by atoms with Crippen molar-refractivity contribution in [1.82, 2.24) is 0 Å². The lowest BCUT2D eigenvalue weighted by molar-refractivity contribution is -0.386. The van der Waals surface area contributed by atoms with Crippen LogP contribution in [0.15, 0.2) is 42.5 Å². The number of sulfonamides is 1. The number of methoxy groups -OCH3 is 1. The highest BCUT2D eigenvalue weighted by Crippen LogP contribution is 2.32. The van der Waals surface area contributed by atoms with Crippen molar-refractivity contribution in [2.75, 3.05) is 18.1 Å². The van der Waals surface area contributed by atoms with Gasteiger partial charge in [-0.25, -0.2) is 8.42 Å². The van der Waals surface area contributed by atoms with Crippen molar-refractivity contribution in [2.24, 2.45) is 0 Å². The highest BCUT2D eigenvalue weighted by molar-refractivity contribution is 7.92. The number of anilines is 1. The molecule has 0 fully saturated rings. The lowest BCUT2D eigenvalue weighted by Gasteiger charge is -2.14. The van der Waals surface area contributed by atoms with E-state index >= 15 is 0 Å². The van der Waals surface area contributed by atoms with Crippen LogP contribution in [0, 0.1) is 10.1 Å². The topological polar surface area (TPSA) is 125 Å². The molecule has 0 saturated heterocycles. The fourth-order valence-corrected chi connectivity index (χ4v) is 2.83. The third-order valence-electron chi connectivity index (χ3n) is 3.51. The molecule has 0 aromatic heterocycles. The molecule has 2 rings (SSSR count). The molecule has 10 heteroatoms. The molecule has 0 saturated carbocycles. The van der Waals surface area contributed by atoms with E-state index in [2.05, 4.69) is 4.72 Å². The summed E-state index contributed by atoms with van der Waals surface area (Å²) in [5, 5.41) is 11.2. The first-order chi connectivity index (χ1) is 12.6. The molecular weight excluding hydrogens is 376 g/mol. The molecule has 0 unspecified atom stereocenters. The van der Waals surface area contributed by atoms with Crippen molar-refractivity contribution in [3.05, 3.63) is 58.1 Å². The van der Waals surface area contributed by atoms with Crippen LogP contribution < -0.4 is 14.2 Å². The molecule has 0 spiro atoms. The fourth-order valence-electron chi connectivity index (χ4n) is 2.26. The van der Waals surface area contributed by atoms with E-state index in [0.29, 0.717) is 11.4 Å². The maximum absolute atomic E-state index is 12.5. The van der Waals surface area contributed by atoms with E-state index in [0.717, 1.165) is 6.26 Å². The van der Waals surface area contributed by atoms with Crippen molar-refractivity contribution < 1.29 is 27.6 Å². The molecule has 0 amide bonds. The van der Waals surface area contributed by atoms with Gasteiger partial charge in [-0.2, -0.15) is 0 Å². The van der Waals surface area contributed by atoms with Crippen LogP contribution in [0.5, 0.6) is 11.5 Å². The zero-order valence-corrected chi connectivity index (χ0v) is 15.6. The average molecular weight is 394 g/mol. The number of nitro groups is 1. The smallest absolute Gasteiger partial charge is 0.314 e. The maximum atomic E-state index is 12.5. The van der Waals surface area contributed by atoms with E-state index in [-0.39, 0.29) is 17.0 Å². The number of ketones is 1. The standard InChI is InChI=1S/C17H18N2O7S/c1-11(26-16-9-8-14(25-2)10-15(16)19(21)22)17(20)12-4-6-13(7-5-12)18-27(3,23)24/h4-11,18H,1-3H3/t11-/m1/s1. The van der Waals surface area contributed by atoms with Crippen molar-refractivity contribution in [3.63, 3.8) is 0 Å². The molecule has 27 heavy (non-hydrogen) atoms. The number of ether oxygens (including phenoxy) is 2. The molecule has 1 N–H and O–H groups in total. The van der Waals surface area contributed by atoms with E-state index in [9.17, 15) is 23.3 Å². The second-order valence-corrected chi connectivity index (χ2v) is 7.42. The van der Waals surface area contributed by atoms with Crippen molar-refractivity contribution in [3.8, 4) is 11.5 Å². The number of carbonyl (C=O) groups excluding carboxylic acids is 1. The van der Waals surface area contributed by atoms with Gasteiger partial charge in [-0.3, -0.25) is 19.6 Å². The lowest BCUT2D eigenvalue weighted by atomic mass is 10.1. The molecule has 0 aliphatic heterocycles. The summed E-state index contributed by atoms with van der Waals surface area (Å²) in [6.45, 7) is 1.47. The Kier molecular flexibility index (Phi) is 6.01. The van der Waals surface area contributed by atoms with Crippen LogP contribution >= 0.6 is 0 Å². The first-order valence-corrected chi connectivity index (χ1v) is 9.61. The summed E-state index contributed by atoms with van der Waals surface area (Å²) >= 11 is 0. The van der Waals surface area contributed by atoms with E-state index < -0.39 is 26.8 Å². The number of benzene rings is 2. The van der Waals surface area contributed by atoms with Crippen molar-refractivity contribution in [1.29, 1.82) is 0 Å². The van der Waals surface area contributed by atoms with Gasteiger partial charge in [-0.1, -0.05) is 0 Å². The Morgan fingerprint density at radius 3 is 2.33 bits per heavy atom. The third-order valence-corrected chi connectivity index (χ3v) is 4.11. The van der Waals surface area contributed by atoms with Crippen LogP contribution in [0.2, 0.25) is 0 Å². The molecule has 2 aromatic carbocycles. The van der Waals surface area contributed by atoms with E-state index in [1.54, 1.807) is 0 Å². The van der Waals surface area contributed by atoms with Gasteiger partial charge in [-0.05, 0) is 43.3 Å². The molecule has 0 radical (unpaired) electrons. The summed E-state index contributed by atoms with van der Waals surface area (Å²) in [5.74, 6) is -0.176. The minimum absolute atomic E-state index is 0.0583. The Morgan fingerprint density at radius 1 is 1.19 bits per heavy atom. The van der Waals surface area contributed by atoms with Crippen molar-refractivity contribution in [2.45, 2.75) is 13.0 Å². The number of rotatable bonds is 8. The van der Waals surface area contributed by atoms with Crippen LogP contribution in [0.25, 0.3) is 0 Å². The molecule has 0 aliphatic rings. The van der Waals surface area contributed by atoms with Gasteiger partial charge in [0, 0.05) is 11.3 Å². The number of hydrogen-bond acceptors (Lipinski definition) is 7. The predicted molar refractivity (Wildman–Crippen MR) is 99.0 cm³/mol. The number of nitrogens with one attached hydrogen (secondary N) is 1. The molecule has 1 atom stereocenters. The largest absolute Gasteiger partial charge is 0.496 e. The van der Waals surface area contributed by atoms with E-state index in [1.807, 2.05) is 0 Å². The quantitative estimate of drug-likeness (QED) is 0.414. The molecule has 0 heterocycles.